The molecule has 0 radical (unpaired) electrons. The van der Waals surface area contributed by atoms with Gasteiger partial charge in [-0.3, -0.25) is 4.79 Å². The third-order valence-corrected chi connectivity index (χ3v) is 5.88. The van der Waals surface area contributed by atoms with Crippen molar-refractivity contribution in [2.75, 3.05) is 22.3 Å². The van der Waals surface area contributed by atoms with Crippen molar-refractivity contribution in [1.82, 2.24) is 0 Å². The van der Waals surface area contributed by atoms with E-state index in [1.54, 1.807) is 4.90 Å². The molecule has 1 aromatic carbocycles. The second kappa shape index (κ2) is 6.36. The first-order valence-electron chi connectivity index (χ1n) is 7.06. The summed E-state index contributed by atoms with van der Waals surface area (Å²) < 4.78 is 23.5. The first-order chi connectivity index (χ1) is 9.89. The normalized spacial score (nSPS) is 20.4. The van der Waals surface area contributed by atoms with E-state index in [2.05, 4.69) is 0 Å². The highest BCUT2D eigenvalue weighted by molar-refractivity contribution is 7.91. The van der Waals surface area contributed by atoms with Gasteiger partial charge < -0.3 is 4.90 Å². The summed E-state index contributed by atoms with van der Waals surface area (Å²) in [5.41, 5.74) is 2.84. The maximum atomic E-state index is 12.3. The zero-order valence-electron chi connectivity index (χ0n) is 12.3. The van der Waals surface area contributed by atoms with Gasteiger partial charge in [0.25, 0.3) is 0 Å². The summed E-state index contributed by atoms with van der Waals surface area (Å²) in [4.78, 5) is 13.9. The van der Waals surface area contributed by atoms with Gasteiger partial charge in [-0.1, -0.05) is 25.1 Å². The Morgan fingerprint density at radius 3 is 2.67 bits per heavy atom. The molecule has 1 aliphatic heterocycles. The molecule has 1 aromatic rings. The number of carbonyl (C=O) groups excluding carboxylic acids is 1. The van der Waals surface area contributed by atoms with Crippen molar-refractivity contribution in [3.05, 3.63) is 29.3 Å². The Balaban J connectivity index is 2.50. The number of aryl methyl sites for hydroxylation is 2. The zero-order valence-corrected chi connectivity index (χ0v) is 13.9. The SMILES string of the molecule is CCc1cccc(C)c1N(C(=O)CCl)[C@@H]1CCS(=O)(=O)C1. The van der Waals surface area contributed by atoms with Crippen molar-refractivity contribution in [2.24, 2.45) is 0 Å². The number of para-hydroxylation sites is 1. The third kappa shape index (κ3) is 3.40. The lowest BCUT2D eigenvalue weighted by Crippen LogP contribution is -2.43. The monoisotopic (exact) mass is 329 g/mol. The molecule has 21 heavy (non-hydrogen) atoms. The largest absolute Gasteiger partial charge is 0.307 e. The summed E-state index contributed by atoms with van der Waals surface area (Å²) in [6, 6.07) is 5.55. The minimum atomic E-state index is -3.06. The standard InChI is InChI=1S/C15H20ClNO3S/c1-3-12-6-4-5-11(2)15(12)17(14(18)9-16)13-7-8-21(19,20)10-13/h4-6,13H,3,7-10H2,1-2H3/t13-/m1/s1. The van der Waals surface area contributed by atoms with Crippen LogP contribution in [0.2, 0.25) is 0 Å². The topological polar surface area (TPSA) is 54.5 Å². The molecule has 0 spiro atoms. The van der Waals surface area contributed by atoms with Crippen LogP contribution in [0.25, 0.3) is 0 Å². The number of rotatable bonds is 4. The molecule has 0 saturated carbocycles. The van der Waals surface area contributed by atoms with Crippen LogP contribution in [-0.2, 0) is 21.1 Å². The molecule has 1 atom stereocenters. The maximum absolute atomic E-state index is 12.3. The van der Waals surface area contributed by atoms with Crippen LogP contribution >= 0.6 is 11.6 Å². The zero-order chi connectivity index (χ0) is 15.6. The molecule has 6 heteroatoms. The Bertz CT molecular complexity index is 642. The fraction of sp³-hybridized carbons (Fsp3) is 0.533. The van der Waals surface area contributed by atoms with E-state index in [9.17, 15) is 13.2 Å². The van der Waals surface area contributed by atoms with E-state index < -0.39 is 9.84 Å². The minimum absolute atomic E-state index is 0.0209. The average Bonchev–Trinajstić information content (AvgIpc) is 2.80. The summed E-state index contributed by atoms with van der Waals surface area (Å²) in [5.74, 6) is -0.221. The van der Waals surface area contributed by atoms with Crippen LogP contribution in [0.5, 0.6) is 0 Å². The van der Waals surface area contributed by atoms with Gasteiger partial charge >= 0.3 is 0 Å². The molecule has 0 N–H and O–H groups in total. The minimum Gasteiger partial charge on any atom is -0.307 e. The van der Waals surface area contributed by atoms with E-state index in [-0.39, 0.29) is 29.3 Å². The van der Waals surface area contributed by atoms with E-state index in [1.165, 1.54) is 0 Å². The maximum Gasteiger partial charge on any atom is 0.242 e. The molecule has 1 aliphatic rings. The van der Waals surface area contributed by atoms with Gasteiger partial charge in [-0.05, 0) is 30.9 Å². The summed E-state index contributed by atoms with van der Waals surface area (Å²) in [5, 5.41) is 0. The van der Waals surface area contributed by atoms with Gasteiger partial charge in [0.1, 0.15) is 5.88 Å². The van der Waals surface area contributed by atoms with Crippen LogP contribution in [0.3, 0.4) is 0 Å². The van der Waals surface area contributed by atoms with Crippen molar-refractivity contribution in [1.29, 1.82) is 0 Å². The third-order valence-electron chi connectivity index (χ3n) is 3.90. The molecule has 1 fully saturated rings. The lowest BCUT2D eigenvalue weighted by molar-refractivity contribution is -0.116. The Morgan fingerprint density at radius 1 is 1.43 bits per heavy atom. The summed E-state index contributed by atoms with van der Waals surface area (Å²) in [6.45, 7) is 3.96. The molecule has 0 aromatic heterocycles. The number of alkyl halides is 1. The number of carbonyl (C=O) groups is 1. The number of benzene rings is 1. The fourth-order valence-electron chi connectivity index (χ4n) is 2.90. The van der Waals surface area contributed by atoms with Gasteiger partial charge in [0.15, 0.2) is 9.84 Å². The van der Waals surface area contributed by atoms with E-state index in [4.69, 9.17) is 11.6 Å². The number of amides is 1. The smallest absolute Gasteiger partial charge is 0.242 e. The highest BCUT2D eigenvalue weighted by Gasteiger charge is 2.36. The molecule has 0 unspecified atom stereocenters. The number of nitrogens with zero attached hydrogens (tertiary/aromatic N) is 1. The predicted molar refractivity (Wildman–Crippen MR) is 85.8 cm³/mol. The summed E-state index contributed by atoms with van der Waals surface area (Å²) in [7, 11) is -3.06. The van der Waals surface area contributed by atoms with Gasteiger partial charge in [0, 0.05) is 0 Å². The second-order valence-corrected chi connectivity index (χ2v) is 7.89. The van der Waals surface area contributed by atoms with Gasteiger partial charge in [-0.2, -0.15) is 0 Å². The average molecular weight is 330 g/mol. The molecule has 116 valence electrons. The lowest BCUT2D eigenvalue weighted by atomic mass is 10.0. The molecule has 2 rings (SSSR count). The van der Waals surface area contributed by atoms with E-state index >= 15 is 0 Å². The van der Waals surface area contributed by atoms with E-state index in [0.29, 0.717) is 6.42 Å². The van der Waals surface area contributed by atoms with Crippen molar-refractivity contribution < 1.29 is 13.2 Å². The summed E-state index contributed by atoms with van der Waals surface area (Å²) in [6.07, 6.45) is 1.25. The number of anilines is 1. The summed E-state index contributed by atoms with van der Waals surface area (Å²) >= 11 is 5.75. The number of sulfone groups is 1. The molecule has 4 nitrogen and oxygen atoms in total. The molecule has 1 amide bonds. The fourth-order valence-corrected chi connectivity index (χ4v) is 4.73. The van der Waals surface area contributed by atoms with Crippen LogP contribution < -0.4 is 4.90 Å². The van der Waals surface area contributed by atoms with Gasteiger partial charge in [0.05, 0.1) is 23.2 Å². The highest BCUT2D eigenvalue weighted by atomic mass is 35.5. The van der Waals surface area contributed by atoms with Crippen molar-refractivity contribution in [3.8, 4) is 0 Å². The van der Waals surface area contributed by atoms with Crippen LogP contribution in [0.1, 0.15) is 24.5 Å². The molecule has 0 bridgehead atoms. The van der Waals surface area contributed by atoms with Crippen LogP contribution in [-0.4, -0.2) is 37.8 Å². The highest BCUT2D eigenvalue weighted by Crippen LogP contribution is 2.31. The number of halogens is 1. The molecular formula is C15H20ClNO3S. The first kappa shape index (κ1) is 16.3. The van der Waals surface area contributed by atoms with Crippen LogP contribution in [0.15, 0.2) is 18.2 Å². The van der Waals surface area contributed by atoms with E-state index in [1.807, 2.05) is 32.0 Å². The molecule has 1 heterocycles. The Morgan fingerprint density at radius 2 is 2.14 bits per heavy atom. The van der Waals surface area contributed by atoms with Crippen molar-refractivity contribution in [3.63, 3.8) is 0 Å². The van der Waals surface area contributed by atoms with Gasteiger partial charge in [0.2, 0.25) is 5.91 Å². The van der Waals surface area contributed by atoms with Gasteiger partial charge in [-0.25, -0.2) is 8.42 Å². The lowest BCUT2D eigenvalue weighted by Gasteiger charge is -2.31. The molecular weight excluding hydrogens is 310 g/mol. The van der Waals surface area contributed by atoms with Crippen molar-refractivity contribution in [2.45, 2.75) is 32.7 Å². The number of hydrogen-bond acceptors (Lipinski definition) is 3. The Hall–Kier alpha value is -1.07. The molecule has 1 saturated heterocycles. The quantitative estimate of drug-likeness (QED) is 0.797. The van der Waals surface area contributed by atoms with Crippen molar-refractivity contribution >= 4 is 33.0 Å². The van der Waals surface area contributed by atoms with Crippen LogP contribution in [0, 0.1) is 6.92 Å². The van der Waals surface area contributed by atoms with E-state index in [0.717, 1.165) is 23.2 Å². The Kier molecular flexibility index (Phi) is 4.94. The second-order valence-electron chi connectivity index (χ2n) is 5.39. The molecule has 0 aliphatic carbocycles. The first-order valence-corrected chi connectivity index (χ1v) is 9.42. The predicted octanol–water partition coefficient (Wildman–Crippen LogP) is 2.32. The van der Waals surface area contributed by atoms with Crippen LogP contribution in [0.4, 0.5) is 5.69 Å². The Labute approximate surface area is 131 Å². The number of hydrogen-bond donors (Lipinski definition) is 0. The van der Waals surface area contributed by atoms with Gasteiger partial charge in [-0.15, -0.1) is 11.6 Å².